The third-order valence-electron chi connectivity index (χ3n) is 4.87. The Kier molecular flexibility index (Phi) is 13.3. The van der Waals surface area contributed by atoms with Gasteiger partial charge in [-0.05, 0) is 58.1 Å². The number of nitrogens with two attached hydrogens (primary N) is 2. The Bertz CT molecular complexity index is 750. The Morgan fingerprint density at radius 1 is 0.733 bits per heavy atom. The van der Waals surface area contributed by atoms with Crippen molar-refractivity contribution in [3.05, 3.63) is 57.1 Å². The quantitative estimate of drug-likeness (QED) is 0.231. The molecule has 2 aromatic carbocycles. The van der Waals surface area contributed by atoms with Crippen LogP contribution < -0.4 is 11.5 Å². The fourth-order valence-corrected chi connectivity index (χ4v) is 3.72. The predicted octanol–water partition coefficient (Wildman–Crippen LogP) is 7.98. The molecule has 0 heterocycles. The molecule has 0 amide bonds. The zero-order valence-corrected chi connectivity index (χ0v) is 22.2. The third kappa shape index (κ3) is 8.85. The normalized spacial score (nSPS) is 10.6. The Balaban J connectivity index is 0.000000497. The monoisotopic (exact) mass is 490 g/mol. The number of halogens is 1. The molecule has 0 aliphatic carbocycles. The van der Waals surface area contributed by atoms with Crippen LogP contribution in [0.1, 0.15) is 101 Å². The first-order chi connectivity index (χ1) is 13.9. The summed E-state index contributed by atoms with van der Waals surface area (Å²) in [6, 6.07) is 10.6. The van der Waals surface area contributed by atoms with Gasteiger partial charge in [0.25, 0.3) is 0 Å². The summed E-state index contributed by atoms with van der Waals surface area (Å²) in [5.41, 5.74) is 19.2. The van der Waals surface area contributed by atoms with Crippen LogP contribution in [0.15, 0.2) is 39.1 Å². The molecule has 0 saturated heterocycles. The van der Waals surface area contributed by atoms with Crippen LogP contribution in [-0.4, -0.2) is 7.64 Å². The van der Waals surface area contributed by atoms with Gasteiger partial charge in [-0.3, -0.25) is 0 Å². The number of hydrogen-bond acceptors (Lipinski definition) is 4. The van der Waals surface area contributed by atoms with Gasteiger partial charge in [-0.25, -0.2) is 0 Å². The van der Waals surface area contributed by atoms with Gasteiger partial charge >= 0.3 is 24.8 Å². The summed E-state index contributed by atoms with van der Waals surface area (Å²) in [6.07, 6.45) is 0. The van der Waals surface area contributed by atoms with Gasteiger partial charge in [-0.2, -0.15) is 0 Å². The number of nitrogens with zero attached hydrogens (tertiary/aromatic N) is 1. The molecular weight excluding hydrogens is 453 g/mol. The van der Waals surface area contributed by atoms with E-state index in [1.165, 1.54) is 22.3 Å². The van der Waals surface area contributed by atoms with E-state index in [0.717, 1.165) is 15.8 Å². The minimum atomic E-state index is 0.477. The van der Waals surface area contributed by atoms with Crippen molar-refractivity contribution in [2.24, 2.45) is 4.30 Å². The van der Waals surface area contributed by atoms with Gasteiger partial charge in [0.2, 0.25) is 0 Å². The van der Waals surface area contributed by atoms with Crippen LogP contribution >= 0.6 is 28.7 Å². The molecule has 0 saturated carbocycles. The van der Waals surface area contributed by atoms with Gasteiger partial charge in [0.05, 0.1) is 0 Å². The van der Waals surface area contributed by atoms with E-state index in [0.29, 0.717) is 23.7 Å². The number of benzene rings is 2. The van der Waals surface area contributed by atoms with Crippen LogP contribution in [0.5, 0.6) is 0 Å². The van der Waals surface area contributed by atoms with Gasteiger partial charge in [0, 0.05) is 15.8 Å². The van der Waals surface area contributed by atoms with Crippen molar-refractivity contribution in [1.29, 1.82) is 0 Å². The molecule has 1 radical (unpaired) electrons. The van der Waals surface area contributed by atoms with Crippen LogP contribution in [-0.2, 0) is 0 Å². The molecule has 0 bridgehead atoms. The average Bonchev–Trinajstić information content (AvgIpc) is 2.63. The molecule has 0 aliphatic heterocycles. The Labute approximate surface area is 199 Å². The molecule has 4 N–H and O–H groups in total. The van der Waals surface area contributed by atoms with Crippen molar-refractivity contribution in [1.82, 2.24) is 0 Å². The first-order valence-electron chi connectivity index (χ1n) is 10.4. The number of nitrogen functional groups attached to an aromatic ring is 2. The molecule has 165 valence electrons. The standard InChI is InChI=1S/C12H18BrN.C12H19N.BHNS/c1-7(2)10-5-9(13)6-11(8(3)4)12(10)14;1-8(2)10-6-5-7-11(9(3)4)12(10)13;1-2-3/h5-8H,14H2,1-4H3;5-9H,13H2,1-4H3;3H. The van der Waals surface area contributed by atoms with Crippen LogP contribution in [0.3, 0.4) is 0 Å². The summed E-state index contributed by atoms with van der Waals surface area (Å²) < 4.78 is 3.82. The van der Waals surface area contributed by atoms with Crippen LogP contribution in [0.25, 0.3) is 0 Å². The number of para-hydroxylation sites is 1. The average molecular weight is 491 g/mol. The number of rotatable bonds is 4. The molecule has 2 rings (SSSR count). The molecule has 6 heteroatoms. The third-order valence-corrected chi connectivity index (χ3v) is 5.33. The first kappa shape index (κ1) is 28.7. The Morgan fingerprint density at radius 3 is 1.27 bits per heavy atom. The summed E-state index contributed by atoms with van der Waals surface area (Å²) >= 11 is 6.72. The van der Waals surface area contributed by atoms with Gasteiger partial charge in [0.1, 0.15) is 0 Å². The summed E-state index contributed by atoms with van der Waals surface area (Å²) in [5, 5.41) is 0. The van der Waals surface area contributed by atoms with E-state index in [1.807, 2.05) is 0 Å². The molecule has 0 aromatic heterocycles. The summed E-state index contributed by atoms with van der Waals surface area (Å²) in [7, 11) is 4.34. The SMILES string of the molecule is CC(C)c1cc(Br)cc(C(C)C)c1N.CC(C)c1cccc(C(C)C)c1N.[B]=NS. The second-order valence-corrected chi connectivity index (χ2v) is 9.73. The van der Waals surface area contributed by atoms with Crippen LogP contribution in [0, 0.1) is 0 Å². The van der Waals surface area contributed by atoms with E-state index in [-0.39, 0.29) is 0 Å². The minimum absolute atomic E-state index is 0.477. The number of hydrogen-bond donors (Lipinski definition) is 3. The number of anilines is 2. The molecule has 2 aromatic rings. The van der Waals surface area contributed by atoms with E-state index in [2.05, 4.69) is 126 Å². The zero-order valence-electron chi connectivity index (χ0n) is 19.7. The molecule has 30 heavy (non-hydrogen) atoms. The summed E-state index contributed by atoms with van der Waals surface area (Å²) in [5.74, 6) is 1.98. The van der Waals surface area contributed by atoms with Crippen molar-refractivity contribution in [3.63, 3.8) is 0 Å². The topological polar surface area (TPSA) is 64.4 Å². The number of thiol groups is 1. The molecule has 0 fully saturated rings. The Morgan fingerprint density at radius 2 is 1.00 bits per heavy atom. The van der Waals surface area contributed by atoms with E-state index in [4.69, 9.17) is 11.5 Å². The van der Waals surface area contributed by atoms with Crippen molar-refractivity contribution in [3.8, 4) is 0 Å². The second-order valence-electron chi connectivity index (χ2n) is 8.58. The van der Waals surface area contributed by atoms with Crippen molar-refractivity contribution in [2.45, 2.75) is 79.1 Å². The zero-order chi connectivity index (χ0) is 23.6. The molecule has 0 atom stereocenters. The van der Waals surface area contributed by atoms with Crippen molar-refractivity contribution < 1.29 is 0 Å². The van der Waals surface area contributed by atoms with Gasteiger partial charge in [-0.1, -0.05) is 89.5 Å². The van der Waals surface area contributed by atoms with Gasteiger partial charge in [-0.15, -0.1) is 0 Å². The summed E-state index contributed by atoms with van der Waals surface area (Å²) in [4.78, 5) is 0. The van der Waals surface area contributed by atoms with E-state index >= 15 is 0 Å². The Hall–Kier alpha value is -1.27. The molecular formula is C24H38BBrN3S. The van der Waals surface area contributed by atoms with Crippen LogP contribution in [0.4, 0.5) is 11.4 Å². The fraction of sp³-hybridized carbons (Fsp3) is 0.500. The molecule has 0 aliphatic rings. The van der Waals surface area contributed by atoms with E-state index < -0.39 is 0 Å². The molecule has 0 spiro atoms. The van der Waals surface area contributed by atoms with Crippen LogP contribution in [0.2, 0.25) is 0 Å². The fourth-order valence-electron chi connectivity index (χ4n) is 3.22. The molecule has 0 unspecified atom stereocenters. The van der Waals surface area contributed by atoms with Crippen molar-refractivity contribution in [2.75, 3.05) is 11.5 Å². The first-order valence-corrected chi connectivity index (χ1v) is 11.6. The maximum absolute atomic E-state index is 6.13. The predicted molar refractivity (Wildman–Crippen MR) is 143 cm³/mol. The van der Waals surface area contributed by atoms with E-state index in [9.17, 15) is 0 Å². The van der Waals surface area contributed by atoms with Gasteiger partial charge < -0.3 is 11.5 Å². The van der Waals surface area contributed by atoms with E-state index in [1.54, 1.807) is 0 Å². The molecule has 3 nitrogen and oxygen atoms in total. The maximum atomic E-state index is 6.13. The van der Waals surface area contributed by atoms with Crippen molar-refractivity contribution >= 4 is 47.8 Å². The second kappa shape index (κ2) is 13.9. The van der Waals surface area contributed by atoms with Gasteiger partial charge in [0.15, 0.2) is 0 Å². The summed E-state index contributed by atoms with van der Waals surface area (Å²) in [6.45, 7) is 17.4.